The van der Waals surface area contributed by atoms with Crippen LogP contribution in [0.1, 0.15) is 10.5 Å². The van der Waals surface area contributed by atoms with Crippen LogP contribution in [0.5, 0.6) is 0 Å². The Labute approximate surface area is 166 Å². The van der Waals surface area contributed by atoms with E-state index in [1.807, 2.05) is 30.3 Å². The molecule has 1 N–H and O–H groups in total. The Morgan fingerprint density at radius 3 is 2.66 bits per heavy atom. The molecule has 3 aromatic heterocycles. The van der Waals surface area contributed by atoms with E-state index >= 15 is 0 Å². The van der Waals surface area contributed by atoms with Gasteiger partial charge in [-0.2, -0.15) is 10.2 Å². The molecule has 4 aromatic rings. The minimum Gasteiger partial charge on any atom is -0.349 e. The highest BCUT2D eigenvalue weighted by atomic mass is 16.2. The number of hydrogen-bond acceptors (Lipinski definition) is 5. The zero-order valence-electron chi connectivity index (χ0n) is 15.8. The van der Waals surface area contributed by atoms with Gasteiger partial charge in [0.05, 0.1) is 12.2 Å². The minimum absolute atomic E-state index is 0.239. The van der Waals surface area contributed by atoms with Crippen LogP contribution in [0.3, 0.4) is 0 Å². The Hall–Kier alpha value is -4.01. The normalized spacial score (nSPS) is 10.8. The number of amides is 1. The Bertz CT molecular complexity index is 1180. The van der Waals surface area contributed by atoms with Gasteiger partial charge < -0.3 is 5.32 Å². The van der Waals surface area contributed by atoms with E-state index in [2.05, 4.69) is 20.6 Å². The third-order valence-electron chi connectivity index (χ3n) is 4.38. The van der Waals surface area contributed by atoms with Gasteiger partial charge in [-0.05, 0) is 18.2 Å². The van der Waals surface area contributed by atoms with Crippen LogP contribution in [-0.4, -0.2) is 41.8 Å². The Kier molecular flexibility index (Phi) is 5.02. The third kappa shape index (κ3) is 3.98. The van der Waals surface area contributed by atoms with Gasteiger partial charge in [0.15, 0.2) is 5.82 Å². The molecule has 0 bridgehead atoms. The third-order valence-corrected chi connectivity index (χ3v) is 4.38. The largest absolute Gasteiger partial charge is 0.349 e. The highest BCUT2D eigenvalue weighted by molar-refractivity contribution is 5.93. The SMILES string of the molecule is Cn1nc(-c2ccccc2)cc1C(=O)NCCn1nc(-n2cccn2)ccc1=O. The van der Waals surface area contributed by atoms with Crippen LogP contribution >= 0.6 is 0 Å². The van der Waals surface area contributed by atoms with Gasteiger partial charge in [-0.15, -0.1) is 5.10 Å². The lowest BCUT2D eigenvalue weighted by molar-refractivity contribution is 0.0942. The van der Waals surface area contributed by atoms with Gasteiger partial charge in [0.25, 0.3) is 11.5 Å². The summed E-state index contributed by atoms with van der Waals surface area (Å²) in [6.07, 6.45) is 3.38. The topological polar surface area (TPSA) is 99.6 Å². The second kappa shape index (κ2) is 7.93. The quantitative estimate of drug-likeness (QED) is 0.535. The number of carbonyl (C=O) groups is 1. The molecule has 0 aliphatic rings. The van der Waals surface area contributed by atoms with Gasteiger partial charge in [-0.3, -0.25) is 14.3 Å². The molecule has 0 fully saturated rings. The molecule has 0 aliphatic heterocycles. The van der Waals surface area contributed by atoms with E-state index < -0.39 is 0 Å². The Morgan fingerprint density at radius 2 is 1.90 bits per heavy atom. The zero-order chi connectivity index (χ0) is 20.2. The summed E-state index contributed by atoms with van der Waals surface area (Å²) in [7, 11) is 1.72. The van der Waals surface area contributed by atoms with Crippen LogP contribution in [0.2, 0.25) is 0 Å². The molecule has 9 heteroatoms. The smallest absolute Gasteiger partial charge is 0.269 e. The highest BCUT2D eigenvalue weighted by Crippen LogP contribution is 2.18. The molecule has 29 heavy (non-hydrogen) atoms. The second-order valence-corrected chi connectivity index (χ2v) is 6.36. The number of aromatic nitrogens is 6. The molecular formula is C20H19N7O2. The lowest BCUT2D eigenvalue weighted by atomic mass is 10.1. The van der Waals surface area contributed by atoms with Crippen molar-refractivity contribution in [2.24, 2.45) is 7.05 Å². The van der Waals surface area contributed by atoms with Gasteiger partial charge >= 0.3 is 0 Å². The molecule has 1 amide bonds. The fourth-order valence-corrected chi connectivity index (χ4v) is 2.92. The molecule has 0 saturated heterocycles. The first-order valence-electron chi connectivity index (χ1n) is 9.08. The Balaban J connectivity index is 1.43. The molecular weight excluding hydrogens is 370 g/mol. The van der Waals surface area contributed by atoms with Gasteiger partial charge in [0.1, 0.15) is 5.69 Å². The molecule has 0 radical (unpaired) electrons. The summed E-state index contributed by atoms with van der Waals surface area (Å²) in [5.74, 6) is 0.263. The average molecular weight is 389 g/mol. The van der Waals surface area contributed by atoms with Crippen LogP contribution in [0.25, 0.3) is 17.1 Å². The highest BCUT2D eigenvalue weighted by Gasteiger charge is 2.14. The molecule has 0 aliphatic carbocycles. The van der Waals surface area contributed by atoms with Crippen LogP contribution in [-0.2, 0) is 13.6 Å². The zero-order valence-corrected chi connectivity index (χ0v) is 15.8. The lowest BCUT2D eigenvalue weighted by Crippen LogP contribution is -2.33. The van der Waals surface area contributed by atoms with Crippen LogP contribution in [0, 0.1) is 0 Å². The summed E-state index contributed by atoms with van der Waals surface area (Å²) < 4.78 is 4.41. The molecule has 9 nitrogen and oxygen atoms in total. The first kappa shape index (κ1) is 18.4. The maximum absolute atomic E-state index is 12.5. The van der Waals surface area contributed by atoms with E-state index in [1.54, 1.807) is 47.0 Å². The summed E-state index contributed by atoms with van der Waals surface area (Å²) in [6, 6.07) is 16.2. The molecule has 3 heterocycles. The van der Waals surface area contributed by atoms with Crippen molar-refractivity contribution in [3.8, 4) is 17.1 Å². The predicted molar refractivity (Wildman–Crippen MR) is 107 cm³/mol. The van der Waals surface area contributed by atoms with Crippen molar-refractivity contribution in [2.45, 2.75) is 6.54 Å². The molecule has 4 rings (SSSR count). The number of carbonyl (C=O) groups excluding carboxylic acids is 1. The number of hydrogen-bond donors (Lipinski definition) is 1. The van der Waals surface area contributed by atoms with Crippen molar-refractivity contribution in [1.29, 1.82) is 0 Å². The van der Waals surface area contributed by atoms with Crippen LogP contribution < -0.4 is 10.9 Å². The fourth-order valence-electron chi connectivity index (χ4n) is 2.92. The predicted octanol–water partition coefficient (Wildman–Crippen LogP) is 1.26. The average Bonchev–Trinajstić information content (AvgIpc) is 3.40. The molecule has 0 saturated carbocycles. The number of aryl methyl sites for hydroxylation is 1. The second-order valence-electron chi connectivity index (χ2n) is 6.36. The van der Waals surface area contributed by atoms with Crippen LogP contribution in [0.4, 0.5) is 0 Å². The van der Waals surface area contributed by atoms with E-state index in [0.717, 1.165) is 11.3 Å². The molecule has 146 valence electrons. The van der Waals surface area contributed by atoms with E-state index in [0.29, 0.717) is 11.5 Å². The summed E-state index contributed by atoms with van der Waals surface area (Å²) in [5, 5.41) is 15.6. The van der Waals surface area contributed by atoms with Crippen molar-refractivity contribution >= 4 is 5.91 Å². The number of rotatable bonds is 6. The maximum atomic E-state index is 12.5. The number of benzene rings is 1. The summed E-state index contributed by atoms with van der Waals surface area (Å²) >= 11 is 0. The maximum Gasteiger partial charge on any atom is 0.269 e. The minimum atomic E-state index is -0.265. The standard InChI is InChI=1S/C20H19N7O2/c1-25-17(14-16(23-25)15-6-3-2-4-7-15)20(29)21-11-13-27-19(28)9-8-18(24-27)26-12-5-10-22-26/h2-10,12,14H,11,13H2,1H3,(H,21,29). The van der Waals surface area contributed by atoms with Crippen molar-refractivity contribution in [3.05, 3.63) is 83.0 Å². The van der Waals surface area contributed by atoms with E-state index in [1.165, 1.54) is 10.7 Å². The molecule has 0 unspecified atom stereocenters. The molecule has 0 spiro atoms. The van der Waals surface area contributed by atoms with Crippen molar-refractivity contribution < 1.29 is 4.79 Å². The van der Waals surface area contributed by atoms with E-state index in [4.69, 9.17) is 0 Å². The number of nitrogens with one attached hydrogen (secondary N) is 1. The van der Waals surface area contributed by atoms with E-state index in [9.17, 15) is 9.59 Å². The van der Waals surface area contributed by atoms with E-state index in [-0.39, 0.29) is 24.6 Å². The first-order valence-corrected chi connectivity index (χ1v) is 9.08. The van der Waals surface area contributed by atoms with Gasteiger partial charge in [-0.25, -0.2) is 9.36 Å². The summed E-state index contributed by atoms with van der Waals surface area (Å²) in [5.41, 5.74) is 1.85. The fraction of sp³-hybridized carbons (Fsp3) is 0.150. The Morgan fingerprint density at radius 1 is 1.07 bits per heavy atom. The monoisotopic (exact) mass is 389 g/mol. The summed E-state index contributed by atoms with van der Waals surface area (Å²) in [6.45, 7) is 0.489. The number of nitrogens with zero attached hydrogens (tertiary/aromatic N) is 6. The van der Waals surface area contributed by atoms with Crippen molar-refractivity contribution in [2.75, 3.05) is 6.54 Å². The van der Waals surface area contributed by atoms with Crippen molar-refractivity contribution in [3.63, 3.8) is 0 Å². The molecule has 1 aromatic carbocycles. The summed E-state index contributed by atoms with van der Waals surface area (Å²) in [4.78, 5) is 24.6. The lowest BCUT2D eigenvalue weighted by Gasteiger charge is -2.08. The van der Waals surface area contributed by atoms with Gasteiger partial charge in [0, 0.05) is 37.6 Å². The first-order chi connectivity index (χ1) is 14.1. The van der Waals surface area contributed by atoms with Gasteiger partial charge in [-0.1, -0.05) is 30.3 Å². The van der Waals surface area contributed by atoms with Crippen LogP contribution in [0.15, 0.2) is 71.8 Å². The van der Waals surface area contributed by atoms with Crippen molar-refractivity contribution in [1.82, 2.24) is 34.7 Å². The van der Waals surface area contributed by atoms with Gasteiger partial charge in [0.2, 0.25) is 0 Å². The molecule has 0 atom stereocenters.